The van der Waals surface area contributed by atoms with E-state index < -0.39 is 42.0 Å². The molecule has 2 fully saturated rings. The Morgan fingerprint density at radius 3 is 2.53 bits per heavy atom. The molecule has 1 aromatic carbocycles. The number of fused-ring (bicyclic) bond motifs is 5. The number of benzene rings is 1. The molecule has 4 unspecified atom stereocenters. The van der Waals surface area contributed by atoms with Crippen LogP contribution < -0.4 is 14.8 Å². The Balaban J connectivity index is 1.37. The lowest BCUT2D eigenvalue weighted by atomic mass is 9.85. The maximum absolute atomic E-state index is 14.0. The first-order chi connectivity index (χ1) is 21.3. The molecule has 1 N–H and O–H groups in total. The van der Waals surface area contributed by atoms with Crippen LogP contribution in [0.2, 0.25) is 0 Å². The number of alkyl carbamates (subject to hydrolysis) is 1. The van der Waals surface area contributed by atoms with Crippen molar-refractivity contribution in [3.63, 3.8) is 0 Å². The van der Waals surface area contributed by atoms with E-state index >= 15 is 0 Å². The molecule has 250 valence electrons. The van der Waals surface area contributed by atoms with Crippen LogP contribution in [0.15, 0.2) is 12.1 Å². The third-order valence-electron chi connectivity index (χ3n) is 9.11. The summed E-state index contributed by atoms with van der Waals surface area (Å²) in [6.07, 6.45) is 2.08. The molecule has 4 aliphatic rings. The molecule has 45 heavy (non-hydrogen) atoms. The van der Waals surface area contributed by atoms with Crippen molar-refractivity contribution in [1.82, 2.24) is 15.1 Å². The van der Waals surface area contributed by atoms with Gasteiger partial charge in [0.25, 0.3) is 0 Å². The van der Waals surface area contributed by atoms with Crippen LogP contribution in [-0.4, -0.2) is 92.5 Å². The lowest BCUT2D eigenvalue weighted by Gasteiger charge is -2.35. The Hall–Kier alpha value is -3.09. The van der Waals surface area contributed by atoms with Crippen LogP contribution in [0.3, 0.4) is 0 Å². The summed E-state index contributed by atoms with van der Waals surface area (Å²) in [4.78, 5) is 43.5. The zero-order chi connectivity index (χ0) is 32.5. The molecule has 0 aliphatic carbocycles. The molecule has 4 bridgehead atoms. The van der Waals surface area contributed by atoms with Crippen LogP contribution >= 0.6 is 0 Å². The van der Waals surface area contributed by atoms with Gasteiger partial charge in [-0.25, -0.2) is 9.59 Å². The Bertz CT molecular complexity index is 1260. The SMILES string of the molecule is COC(=O)C1C[C@@H]2CN1C(=O)[C@H](C(C)(C)C)NC(=O)OCC(C)(C)CCCCCOc1cc(OC)cc3c1CN(C3)C1OC1O2. The summed E-state index contributed by atoms with van der Waals surface area (Å²) in [5, 5.41) is 2.79. The van der Waals surface area contributed by atoms with Crippen molar-refractivity contribution in [3.05, 3.63) is 23.3 Å². The predicted octanol–water partition coefficient (Wildman–Crippen LogP) is 3.97. The molecule has 0 aromatic heterocycles. The molecule has 4 heterocycles. The fourth-order valence-electron chi connectivity index (χ4n) is 6.41. The molecule has 1 aromatic rings. The zero-order valence-electron chi connectivity index (χ0n) is 27.7. The van der Waals surface area contributed by atoms with Gasteiger partial charge in [0.15, 0.2) is 12.5 Å². The minimum Gasteiger partial charge on any atom is -0.497 e. The van der Waals surface area contributed by atoms with Gasteiger partial charge in [-0.15, -0.1) is 0 Å². The van der Waals surface area contributed by atoms with E-state index in [1.807, 2.05) is 32.9 Å². The van der Waals surface area contributed by atoms with E-state index in [-0.39, 0.29) is 37.1 Å². The average molecular weight is 632 g/mol. The monoisotopic (exact) mass is 631 g/mol. The predicted molar refractivity (Wildman–Crippen MR) is 163 cm³/mol. The summed E-state index contributed by atoms with van der Waals surface area (Å²) in [6, 6.07) is 2.21. The molecule has 2 saturated heterocycles. The van der Waals surface area contributed by atoms with Crippen molar-refractivity contribution in [2.45, 2.75) is 111 Å². The largest absolute Gasteiger partial charge is 0.497 e. The van der Waals surface area contributed by atoms with E-state index in [9.17, 15) is 14.4 Å². The van der Waals surface area contributed by atoms with Crippen LogP contribution in [0.1, 0.15) is 77.8 Å². The first kappa shape index (κ1) is 33.3. The third kappa shape index (κ3) is 7.84. The molecule has 4 aliphatic heterocycles. The van der Waals surface area contributed by atoms with Crippen molar-refractivity contribution in [2.24, 2.45) is 10.8 Å². The van der Waals surface area contributed by atoms with Crippen molar-refractivity contribution < 1.29 is 42.8 Å². The number of carbonyl (C=O) groups is 3. The van der Waals surface area contributed by atoms with E-state index in [4.69, 9.17) is 28.4 Å². The molecule has 2 amide bonds. The Morgan fingerprint density at radius 1 is 1.04 bits per heavy atom. The first-order valence-electron chi connectivity index (χ1n) is 16.0. The Kier molecular flexibility index (Phi) is 9.86. The van der Waals surface area contributed by atoms with E-state index in [0.29, 0.717) is 19.7 Å². The third-order valence-corrected chi connectivity index (χ3v) is 9.11. The summed E-state index contributed by atoms with van der Waals surface area (Å²) in [7, 11) is 2.95. The molecule has 0 spiro atoms. The van der Waals surface area contributed by atoms with Gasteiger partial charge in [-0.3, -0.25) is 9.69 Å². The average Bonchev–Trinajstić information content (AvgIpc) is 3.40. The zero-order valence-corrected chi connectivity index (χ0v) is 27.7. The highest BCUT2D eigenvalue weighted by Gasteiger charge is 2.52. The van der Waals surface area contributed by atoms with Gasteiger partial charge in [0.1, 0.15) is 23.6 Å². The van der Waals surface area contributed by atoms with E-state index in [2.05, 4.69) is 24.1 Å². The van der Waals surface area contributed by atoms with Gasteiger partial charge in [0.05, 0.1) is 33.5 Å². The maximum Gasteiger partial charge on any atom is 0.407 e. The number of amides is 2. The van der Waals surface area contributed by atoms with Crippen molar-refractivity contribution >= 4 is 18.0 Å². The Labute approximate surface area is 265 Å². The number of nitrogens with one attached hydrogen (secondary N) is 1. The summed E-state index contributed by atoms with van der Waals surface area (Å²) in [5.41, 5.74) is 1.35. The van der Waals surface area contributed by atoms with Gasteiger partial charge >= 0.3 is 12.1 Å². The number of rotatable bonds is 2. The summed E-state index contributed by atoms with van der Waals surface area (Å²) in [6.45, 7) is 12.0. The highest BCUT2D eigenvalue weighted by Crippen LogP contribution is 2.41. The number of esters is 1. The van der Waals surface area contributed by atoms with Gasteiger partial charge in [-0.2, -0.15) is 0 Å². The topological polar surface area (TPSA) is 128 Å². The first-order valence-corrected chi connectivity index (χ1v) is 16.0. The van der Waals surface area contributed by atoms with Crippen LogP contribution in [0.5, 0.6) is 11.5 Å². The summed E-state index contributed by atoms with van der Waals surface area (Å²) >= 11 is 0. The van der Waals surface area contributed by atoms with Crippen molar-refractivity contribution in [1.29, 1.82) is 0 Å². The highest BCUT2D eigenvalue weighted by molar-refractivity contribution is 5.91. The molecule has 0 radical (unpaired) electrons. The normalized spacial score (nSPS) is 30.8. The van der Waals surface area contributed by atoms with Gasteiger partial charge < -0.3 is 38.6 Å². The maximum atomic E-state index is 14.0. The molecule has 5 rings (SSSR count). The van der Waals surface area contributed by atoms with Crippen LogP contribution in [0.4, 0.5) is 4.79 Å². The van der Waals surface area contributed by atoms with E-state index in [1.165, 1.54) is 12.0 Å². The number of hydrogen-bond donors (Lipinski definition) is 1. The van der Waals surface area contributed by atoms with Gasteiger partial charge in [-0.1, -0.05) is 47.5 Å². The fraction of sp³-hybridized carbons (Fsp3) is 0.727. The van der Waals surface area contributed by atoms with Crippen molar-refractivity contribution in [2.75, 3.05) is 34.0 Å². The second-order valence-electron chi connectivity index (χ2n) is 14.4. The van der Waals surface area contributed by atoms with Gasteiger partial charge in [-0.05, 0) is 35.3 Å². The number of hydrogen-bond acceptors (Lipinski definition) is 10. The number of methoxy groups -OCH3 is 2. The number of carbonyl (C=O) groups excluding carboxylic acids is 3. The fourth-order valence-corrected chi connectivity index (χ4v) is 6.41. The van der Waals surface area contributed by atoms with E-state index in [1.54, 1.807) is 7.11 Å². The Morgan fingerprint density at radius 2 is 1.82 bits per heavy atom. The lowest BCUT2D eigenvalue weighted by molar-refractivity contribution is -0.152. The molecular weight excluding hydrogens is 582 g/mol. The van der Waals surface area contributed by atoms with Gasteiger partial charge in [0.2, 0.25) is 5.91 Å². The van der Waals surface area contributed by atoms with Crippen molar-refractivity contribution in [3.8, 4) is 11.5 Å². The van der Waals surface area contributed by atoms with Crippen LogP contribution in [-0.2, 0) is 41.6 Å². The number of epoxide rings is 1. The van der Waals surface area contributed by atoms with Crippen LogP contribution in [0.25, 0.3) is 0 Å². The quantitative estimate of drug-likeness (QED) is 0.378. The smallest absolute Gasteiger partial charge is 0.407 e. The molecule has 12 nitrogen and oxygen atoms in total. The van der Waals surface area contributed by atoms with Crippen LogP contribution in [0, 0.1) is 10.8 Å². The molecule has 0 saturated carbocycles. The minimum atomic E-state index is -0.931. The number of nitrogens with zero attached hydrogens (tertiary/aromatic N) is 2. The summed E-state index contributed by atoms with van der Waals surface area (Å²) < 4.78 is 34.8. The molecule has 12 heteroatoms. The standard InChI is InChI=1S/C33H49N3O9/c1-32(2,3)26-27(37)36-17-22(14-24(36)29(38)41-7)44-30-28(45-30)35-16-20-13-21(40-6)15-25(23(20)18-35)42-12-10-8-9-11-33(4,5)19-43-31(39)34-26/h13,15,22,24,26,28,30H,8-12,14,16-19H2,1-7H3,(H,34,39)/t22-,24?,26-,28?,30?/m1/s1. The lowest BCUT2D eigenvalue weighted by Crippen LogP contribution is -2.57. The second kappa shape index (κ2) is 13.3. The minimum absolute atomic E-state index is 0.164. The van der Waals surface area contributed by atoms with Gasteiger partial charge in [0, 0.05) is 37.7 Å². The number of cyclic esters (lactones) is 1. The molecular formula is C33H49N3O9. The van der Waals surface area contributed by atoms with E-state index in [0.717, 1.165) is 48.3 Å². The second-order valence-corrected chi connectivity index (χ2v) is 14.4. The summed E-state index contributed by atoms with van der Waals surface area (Å²) in [5.74, 6) is 0.656. The highest BCUT2D eigenvalue weighted by atomic mass is 16.8. The molecule has 6 atom stereocenters. The number of ether oxygens (including phenoxy) is 6.